The molecule has 0 aromatic carbocycles. The second kappa shape index (κ2) is 12.4. The Labute approximate surface area is 246 Å². The number of ether oxygens (including phenoxy) is 2. The maximum atomic E-state index is 12.4. The van der Waals surface area contributed by atoms with Crippen LogP contribution < -0.4 is 16.0 Å². The Morgan fingerprint density at radius 3 is 2.27 bits per heavy atom. The summed E-state index contributed by atoms with van der Waals surface area (Å²) in [6, 6.07) is 2.83. The molecule has 21 nitrogen and oxygen atoms in total. The number of rotatable bonds is 11. The van der Waals surface area contributed by atoms with Crippen molar-refractivity contribution in [1.29, 1.82) is 0 Å². The lowest BCUT2D eigenvalue weighted by Crippen LogP contribution is -2.46. The van der Waals surface area contributed by atoms with Gasteiger partial charge >= 0.3 is 15.6 Å². The summed E-state index contributed by atoms with van der Waals surface area (Å²) in [6.07, 6.45) is -6.85. The molecule has 0 aliphatic carbocycles. The molecule has 0 bridgehead atoms. The van der Waals surface area contributed by atoms with E-state index in [1.54, 1.807) is 0 Å². The third kappa shape index (κ3) is 6.65. The fraction of sp³-hybridized carbons (Fsp3) is 0.476. The van der Waals surface area contributed by atoms with Crippen LogP contribution in [0.25, 0.3) is 11.2 Å². The topological polar surface area (TPSA) is 318 Å². The van der Waals surface area contributed by atoms with Crippen molar-refractivity contribution in [3.63, 3.8) is 0 Å². The van der Waals surface area contributed by atoms with Gasteiger partial charge in [0.05, 0.1) is 19.5 Å². The first kappa shape index (κ1) is 32.4. The third-order valence-corrected chi connectivity index (χ3v) is 9.35. The molecule has 0 spiro atoms. The smallest absolute Gasteiger partial charge is 0.387 e. The Kier molecular flexibility index (Phi) is 9.13. The number of fused-ring (bicyclic) bond motifs is 1. The van der Waals surface area contributed by atoms with Crippen LogP contribution in [0.2, 0.25) is 0 Å². The second-order valence-electron chi connectivity index (χ2n) is 9.69. The van der Waals surface area contributed by atoms with Crippen molar-refractivity contribution in [2.75, 3.05) is 18.9 Å². The number of amides is 1. The van der Waals surface area contributed by atoms with Crippen LogP contribution in [-0.4, -0.2) is 105 Å². The van der Waals surface area contributed by atoms with Crippen LogP contribution in [0.3, 0.4) is 0 Å². The van der Waals surface area contributed by atoms with Crippen LogP contribution in [0, 0.1) is 0 Å². The molecular weight excluding hydrogens is 641 g/mol. The number of nitrogens with zero attached hydrogens (tertiary/aromatic N) is 5. The number of primary amides is 1. The number of carbonyl (C=O) groups is 1. The summed E-state index contributed by atoms with van der Waals surface area (Å²) in [5, 5.41) is 41.6. The number of nitrogens with two attached hydrogens (primary N) is 2. The van der Waals surface area contributed by atoms with Crippen LogP contribution in [-0.2, 0) is 32.0 Å². The molecule has 44 heavy (non-hydrogen) atoms. The monoisotopic (exact) mass is 669 g/mol. The summed E-state index contributed by atoms with van der Waals surface area (Å²) < 4.78 is 52.0. The normalized spacial score (nSPS) is 31.6. The minimum atomic E-state index is -5.37. The van der Waals surface area contributed by atoms with Gasteiger partial charge in [-0.3, -0.25) is 18.4 Å². The van der Waals surface area contributed by atoms with Crippen molar-refractivity contribution in [3.8, 4) is 0 Å². The molecule has 5 rings (SSSR count). The molecule has 2 aliphatic rings. The zero-order valence-electron chi connectivity index (χ0n) is 22.2. The van der Waals surface area contributed by atoms with Gasteiger partial charge in [0.2, 0.25) is 0 Å². The van der Waals surface area contributed by atoms with E-state index in [4.69, 9.17) is 25.5 Å². The third-order valence-electron chi connectivity index (χ3n) is 6.75. The molecule has 0 radical (unpaired) electrons. The molecule has 0 saturated carbocycles. The van der Waals surface area contributed by atoms with E-state index in [0.29, 0.717) is 0 Å². The predicted molar refractivity (Wildman–Crippen MR) is 139 cm³/mol. The van der Waals surface area contributed by atoms with Crippen LogP contribution >= 0.6 is 15.6 Å². The van der Waals surface area contributed by atoms with Gasteiger partial charge in [0, 0.05) is 6.07 Å². The van der Waals surface area contributed by atoms with Crippen molar-refractivity contribution in [2.24, 2.45) is 5.73 Å². The Morgan fingerprint density at radius 2 is 1.61 bits per heavy atom. The fourth-order valence-corrected chi connectivity index (χ4v) is 6.67. The molecule has 1 amide bonds. The van der Waals surface area contributed by atoms with E-state index in [1.807, 2.05) is 0 Å². The number of aliphatic hydroxyl groups is 4. The quantitative estimate of drug-likeness (QED) is 0.0572. The van der Waals surface area contributed by atoms with Gasteiger partial charge in [0.1, 0.15) is 47.9 Å². The maximum Gasteiger partial charge on any atom is 0.481 e. The number of carbonyl (C=O) groups excluding carboxylic acids is 1. The highest BCUT2D eigenvalue weighted by Crippen LogP contribution is 2.60. The molecule has 2 aliphatic heterocycles. The zero-order chi connectivity index (χ0) is 32.0. The average molecular weight is 669 g/mol. The number of aliphatic hydroxyl groups excluding tert-OH is 4. The predicted octanol–water partition coefficient (Wildman–Crippen LogP) is -3.02. The number of hydrogen-bond donors (Lipinski definition) is 8. The first-order valence-electron chi connectivity index (χ1n) is 12.6. The molecule has 10 N–H and O–H groups in total. The van der Waals surface area contributed by atoms with E-state index >= 15 is 0 Å². The summed E-state index contributed by atoms with van der Waals surface area (Å²) in [7, 11) is -10.7. The minimum Gasteiger partial charge on any atom is -0.387 e. The summed E-state index contributed by atoms with van der Waals surface area (Å²) in [5.41, 5.74) is 11.4. The van der Waals surface area contributed by atoms with Crippen molar-refractivity contribution in [1.82, 2.24) is 19.5 Å². The number of phosphoric ester groups is 2. The van der Waals surface area contributed by atoms with Crippen molar-refractivity contribution in [3.05, 3.63) is 42.7 Å². The zero-order valence-corrected chi connectivity index (χ0v) is 24.0. The minimum absolute atomic E-state index is 0.0505. The van der Waals surface area contributed by atoms with Gasteiger partial charge in [-0.25, -0.2) is 24.1 Å². The van der Waals surface area contributed by atoms with Crippen LogP contribution in [0.5, 0.6) is 0 Å². The molecule has 5 heterocycles. The Hall–Kier alpha value is -3.01. The first-order chi connectivity index (χ1) is 20.7. The highest BCUT2D eigenvalue weighted by Gasteiger charge is 2.50. The lowest BCUT2D eigenvalue weighted by atomic mass is 10.1. The van der Waals surface area contributed by atoms with Crippen molar-refractivity contribution < 1.29 is 71.5 Å². The number of aromatic nitrogens is 5. The molecule has 240 valence electrons. The maximum absolute atomic E-state index is 12.4. The van der Waals surface area contributed by atoms with Crippen LogP contribution in [0.15, 0.2) is 37.2 Å². The van der Waals surface area contributed by atoms with E-state index in [-0.39, 0.29) is 22.5 Å². The summed E-state index contributed by atoms with van der Waals surface area (Å²) in [5.74, 6) is -0.714. The molecule has 2 fully saturated rings. The van der Waals surface area contributed by atoms with E-state index in [1.165, 1.54) is 40.0 Å². The van der Waals surface area contributed by atoms with Gasteiger partial charge < -0.3 is 51.2 Å². The lowest BCUT2D eigenvalue weighted by molar-refractivity contribution is -0.765. The van der Waals surface area contributed by atoms with Gasteiger partial charge in [-0.05, 0) is 6.07 Å². The van der Waals surface area contributed by atoms with Crippen molar-refractivity contribution in [2.45, 2.75) is 49.1 Å². The molecule has 10 atom stereocenters. The lowest BCUT2D eigenvalue weighted by Gasteiger charge is -2.20. The van der Waals surface area contributed by atoms with Crippen molar-refractivity contribution >= 4 is 38.5 Å². The van der Waals surface area contributed by atoms with E-state index < -0.39 is 83.8 Å². The highest BCUT2D eigenvalue weighted by atomic mass is 31.3. The summed E-state index contributed by atoms with van der Waals surface area (Å²) >= 11 is 0. The number of hydrogen-bond acceptors (Lipinski definition) is 16. The molecular formula is C21H28N7O14P2+. The van der Waals surface area contributed by atoms with E-state index in [0.717, 1.165) is 6.33 Å². The first-order valence-corrected chi connectivity index (χ1v) is 15.6. The average Bonchev–Trinajstić information content (AvgIpc) is 3.61. The SMILES string of the molecule is NC(=O)c1ccc[n+]([13C@@H]2O[13C@H]([13CH2]OP(=O)(O)OP(=O)(O)OC[C@H]3O[C@@H](n4cnc5c(N)ncnc54)[C@@H](O)C3O)[13CH](O)[13C@@H]2O)c1. The van der Waals surface area contributed by atoms with E-state index in [2.05, 4.69) is 23.8 Å². The van der Waals surface area contributed by atoms with Crippen LogP contribution in [0.4, 0.5) is 5.82 Å². The number of nitrogen functional groups attached to an aromatic ring is 1. The van der Waals surface area contributed by atoms with E-state index in [9.17, 15) is 44.1 Å². The van der Waals surface area contributed by atoms with Gasteiger partial charge in [-0.1, -0.05) is 0 Å². The largest absolute Gasteiger partial charge is 0.481 e. The van der Waals surface area contributed by atoms with Crippen LogP contribution in [0.1, 0.15) is 22.8 Å². The fourth-order valence-electron chi connectivity index (χ4n) is 4.58. The molecule has 23 heteroatoms. The standard InChI is InChI=1S/C21H27N7O14P2/c22-17-12-19(25-7-24-17)28(8-26-12)21-16(32)14(30)11(41-21)6-39-44(36,37)42-43(34,35)38-5-10-13(29)15(31)20(40-10)27-3-1-2-9(4-27)18(23)33/h1-4,7-8,10-11,13-16,20-21,29-32H,5-6H2,(H5-,22,23,24,25,33,34,35,36,37)/p+1/t10-,11-,13?,14?,15+,16+,20-,21-/m1/s1/i5+1,10+1,13+1,15+1,20+1. The number of imidazole rings is 1. The molecule has 3 aromatic rings. The van der Waals surface area contributed by atoms with Gasteiger partial charge in [0.25, 0.3) is 12.1 Å². The summed E-state index contributed by atoms with van der Waals surface area (Å²) in [4.78, 5) is 43.3. The number of phosphoric acid groups is 2. The number of anilines is 1. The number of pyridine rings is 1. The highest BCUT2D eigenvalue weighted by molar-refractivity contribution is 7.61. The molecule has 3 aromatic heterocycles. The molecule has 2 saturated heterocycles. The Bertz CT molecular complexity index is 1630. The Morgan fingerprint density at radius 1 is 0.977 bits per heavy atom. The van der Waals surface area contributed by atoms with Gasteiger partial charge in [-0.15, -0.1) is 0 Å². The van der Waals surface area contributed by atoms with Gasteiger partial charge in [-0.2, -0.15) is 8.88 Å². The Balaban J connectivity index is 1.16. The second-order valence-corrected chi connectivity index (χ2v) is 12.7. The summed E-state index contributed by atoms with van der Waals surface area (Å²) in [6.45, 7) is -1.80. The molecule has 4 unspecified atom stereocenters. The van der Waals surface area contributed by atoms with Gasteiger partial charge in [0.15, 0.2) is 36.2 Å².